The Balaban J connectivity index is 2.10. The van der Waals surface area contributed by atoms with E-state index in [1.165, 1.54) is 12.8 Å². The molecule has 15 heavy (non-hydrogen) atoms. The third-order valence-electron chi connectivity index (χ3n) is 2.50. The van der Waals surface area contributed by atoms with Gasteiger partial charge in [0.15, 0.2) is 11.5 Å². The molecule has 0 atom stereocenters. The molecule has 0 aromatic heterocycles. The van der Waals surface area contributed by atoms with Gasteiger partial charge in [-0.3, -0.25) is 0 Å². The second kappa shape index (κ2) is 4.27. The highest BCUT2D eigenvalue weighted by Gasteiger charge is 2.22. The standard InChI is InChI=1S/C13H14O2/c1-3-10-6-7-12(13(8-10)14-2)15-9-11-4-5-11/h1,6-8,11H,4-5,9H2,2H3. The molecule has 1 aromatic carbocycles. The highest BCUT2D eigenvalue weighted by Crippen LogP contribution is 2.33. The van der Waals surface area contributed by atoms with E-state index in [1.54, 1.807) is 7.11 Å². The lowest BCUT2D eigenvalue weighted by molar-refractivity contribution is 0.280. The number of rotatable bonds is 4. The maximum absolute atomic E-state index is 5.66. The lowest BCUT2D eigenvalue weighted by atomic mass is 10.2. The molecular weight excluding hydrogens is 188 g/mol. The van der Waals surface area contributed by atoms with Gasteiger partial charge in [0.25, 0.3) is 0 Å². The third-order valence-corrected chi connectivity index (χ3v) is 2.50. The van der Waals surface area contributed by atoms with Gasteiger partial charge in [-0.05, 0) is 37.0 Å². The Labute approximate surface area is 90.2 Å². The van der Waals surface area contributed by atoms with E-state index in [-0.39, 0.29) is 0 Å². The predicted molar refractivity (Wildman–Crippen MR) is 59.1 cm³/mol. The lowest BCUT2D eigenvalue weighted by Gasteiger charge is -2.10. The first-order chi connectivity index (χ1) is 7.33. The fraction of sp³-hybridized carbons (Fsp3) is 0.385. The Morgan fingerprint density at radius 1 is 1.40 bits per heavy atom. The van der Waals surface area contributed by atoms with E-state index in [1.807, 2.05) is 18.2 Å². The summed E-state index contributed by atoms with van der Waals surface area (Å²) in [7, 11) is 1.62. The number of ether oxygens (including phenoxy) is 2. The van der Waals surface area contributed by atoms with Crippen molar-refractivity contribution >= 4 is 0 Å². The van der Waals surface area contributed by atoms with Crippen LogP contribution in [0.3, 0.4) is 0 Å². The zero-order chi connectivity index (χ0) is 10.7. The van der Waals surface area contributed by atoms with E-state index in [0.29, 0.717) is 5.75 Å². The van der Waals surface area contributed by atoms with Crippen LogP contribution >= 0.6 is 0 Å². The number of terminal acetylenes is 1. The van der Waals surface area contributed by atoms with Gasteiger partial charge >= 0.3 is 0 Å². The number of benzene rings is 1. The normalized spacial score (nSPS) is 14.4. The van der Waals surface area contributed by atoms with Gasteiger partial charge in [0.1, 0.15) is 0 Å². The molecule has 1 aromatic rings. The molecule has 78 valence electrons. The van der Waals surface area contributed by atoms with Gasteiger partial charge in [-0.1, -0.05) is 5.92 Å². The summed E-state index contributed by atoms with van der Waals surface area (Å²) in [5, 5.41) is 0. The average Bonchev–Trinajstić information content (AvgIpc) is 3.10. The SMILES string of the molecule is C#Cc1ccc(OCC2CC2)c(OC)c1. The summed E-state index contributed by atoms with van der Waals surface area (Å²) in [6.07, 6.45) is 7.87. The largest absolute Gasteiger partial charge is 0.493 e. The van der Waals surface area contributed by atoms with Crippen molar-refractivity contribution in [1.29, 1.82) is 0 Å². The van der Waals surface area contributed by atoms with Crippen LogP contribution in [0, 0.1) is 18.3 Å². The summed E-state index contributed by atoms with van der Waals surface area (Å²) in [6, 6.07) is 5.56. The van der Waals surface area contributed by atoms with Crippen molar-refractivity contribution in [3.05, 3.63) is 23.8 Å². The van der Waals surface area contributed by atoms with Crippen LogP contribution in [0.4, 0.5) is 0 Å². The molecule has 0 spiro atoms. The molecule has 1 saturated carbocycles. The Morgan fingerprint density at radius 3 is 2.80 bits per heavy atom. The van der Waals surface area contributed by atoms with E-state index in [9.17, 15) is 0 Å². The summed E-state index contributed by atoms with van der Waals surface area (Å²) in [6.45, 7) is 0.783. The first-order valence-electron chi connectivity index (χ1n) is 5.11. The zero-order valence-electron chi connectivity index (χ0n) is 8.82. The maximum Gasteiger partial charge on any atom is 0.161 e. The topological polar surface area (TPSA) is 18.5 Å². The molecule has 2 rings (SSSR count). The fourth-order valence-electron chi connectivity index (χ4n) is 1.37. The van der Waals surface area contributed by atoms with E-state index >= 15 is 0 Å². The molecule has 0 saturated heterocycles. The van der Waals surface area contributed by atoms with Crippen molar-refractivity contribution in [1.82, 2.24) is 0 Å². The quantitative estimate of drug-likeness (QED) is 0.698. The lowest BCUT2D eigenvalue weighted by Crippen LogP contribution is -2.00. The first kappa shape index (κ1) is 9.92. The van der Waals surface area contributed by atoms with E-state index in [4.69, 9.17) is 15.9 Å². The van der Waals surface area contributed by atoms with Crippen LogP contribution in [-0.2, 0) is 0 Å². The van der Waals surface area contributed by atoms with Crippen molar-refractivity contribution in [2.24, 2.45) is 5.92 Å². The number of hydrogen-bond donors (Lipinski definition) is 0. The van der Waals surface area contributed by atoms with Crippen molar-refractivity contribution in [3.63, 3.8) is 0 Å². The van der Waals surface area contributed by atoms with Crippen LogP contribution in [0.15, 0.2) is 18.2 Å². The van der Waals surface area contributed by atoms with Gasteiger partial charge in [-0.15, -0.1) is 6.42 Å². The first-order valence-corrected chi connectivity index (χ1v) is 5.11. The molecule has 0 radical (unpaired) electrons. The minimum absolute atomic E-state index is 0.714. The van der Waals surface area contributed by atoms with E-state index < -0.39 is 0 Å². The minimum atomic E-state index is 0.714. The Hall–Kier alpha value is -1.62. The Morgan fingerprint density at radius 2 is 2.20 bits per heavy atom. The van der Waals surface area contributed by atoms with Gasteiger partial charge in [-0.2, -0.15) is 0 Å². The molecule has 0 amide bonds. The molecule has 2 nitrogen and oxygen atoms in total. The second-order valence-corrected chi connectivity index (χ2v) is 3.76. The van der Waals surface area contributed by atoms with Crippen LogP contribution in [0.2, 0.25) is 0 Å². The average molecular weight is 202 g/mol. The van der Waals surface area contributed by atoms with Gasteiger partial charge in [-0.25, -0.2) is 0 Å². The van der Waals surface area contributed by atoms with Crippen LogP contribution in [0.5, 0.6) is 11.5 Å². The number of methoxy groups -OCH3 is 1. The molecule has 0 heterocycles. The summed E-state index contributed by atoms with van der Waals surface area (Å²) >= 11 is 0. The zero-order valence-corrected chi connectivity index (χ0v) is 8.82. The van der Waals surface area contributed by atoms with Gasteiger partial charge < -0.3 is 9.47 Å². The number of hydrogen-bond acceptors (Lipinski definition) is 2. The summed E-state index contributed by atoms with van der Waals surface area (Å²) in [5.74, 6) is 4.80. The third kappa shape index (κ3) is 2.44. The smallest absolute Gasteiger partial charge is 0.161 e. The van der Waals surface area contributed by atoms with Gasteiger partial charge in [0.2, 0.25) is 0 Å². The highest BCUT2D eigenvalue weighted by molar-refractivity contribution is 5.47. The molecule has 0 aliphatic heterocycles. The molecule has 0 N–H and O–H groups in total. The van der Waals surface area contributed by atoms with Crippen LogP contribution < -0.4 is 9.47 Å². The summed E-state index contributed by atoms with van der Waals surface area (Å²) < 4.78 is 10.9. The van der Waals surface area contributed by atoms with Crippen molar-refractivity contribution < 1.29 is 9.47 Å². The monoisotopic (exact) mass is 202 g/mol. The molecular formula is C13H14O2. The van der Waals surface area contributed by atoms with Crippen molar-refractivity contribution in [3.8, 4) is 23.8 Å². The van der Waals surface area contributed by atoms with Gasteiger partial charge in [0.05, 0.1) is 13.7 Å². The minimum Gasteiger partial charge on any atom is -0.493 e. The van der Waals surface area contributed by atoms with E-state index in [0.717, 1.165) is 23.8 Å². The predicted octanol–water partition coefficient (Wildman–Crippen LogP) is 2.47. The molecule has 2 heteroatoms. The van der Waals surface area contributed by atoms with Crippen LogP contribution in [-0.4, -0.2) is 13.7 Å². The molecule has 1 aliphatic rings. The molecule has 1 aliphatic carbocycles. The van der Waals surface area contributed by atoms with E-state index in [2.05, 4.69) is 5.92 Å². The summed E-state index contributed by atoms with van der Waals surface area (Å²) in [5.41, 5.74) is 0.811. The van der Waals surface area contributed by atoms with Crippen molar-refractivity contribution in [2.45, 2.75) is 12.8 Å². The Bertz CT molecular complexity index is 386. The second-order valence-electron chi connectivity index (χ2n) is 3.76. The fourth-order valence-corrected chi connectivity index (χ4v) is 1.37. The Kier molecular flexibility index (Phi) is 2.82. The highest BCUT2D eigenvalue weighted by atomic mass is 16.5. The molecule has 0 unspecified atom stereocenters. The molecule has 1 fully saturated rings. The van der Waals surface area contributed by atoms with Crippen molar-refractivity contribution in [2.75, 3.05) is 13.7 Å². The molecule has 0 bridgehead atoms. The maximum atomic E-state index is 5.66. The van der Waals surface area contributed by atoms with Gasteiger partial charge in [0, 0.05) is 5.56 Å². The summed E-state index contributed by atoms with van der Waals surface area (Å²) in [4.78, 5) is 0. The van der Waals surface area contributed by atoms with Crippen LogP contribution in [0.25, 0.3) is 0 Å². The van der Waals surface area contributed by atoms with Crippen LogP contribution in [0.1, 0.15) is 18.4 Å².